The topological polar surface area (TPSA) is 71.4 Å². The van der Waals surface area contributed by atoms with E-state index in [9.17, 15) is 13.2 Å². The van der Waals surface area contributed by atoms with E-state index in [0.29, 0.717) is 12.2 Å². The first-order valence-corrected chi connectivity index (χ1v) is 8.25. The molecule has 2 aromatic rings. The molecule has 1 aliphatic heterocycles. The lowest BCUT2D eigenvalue weighted by atomic mass is 10.00. The van der Waals surface area contributed by atoms with Gasteiger partial charge in [0.2, 0.25) is 0 Å². The van der Waals surface area contributed by atoms with Gasteiger partial charge in [-0.25, -0.2) is 8.42 Å². The third-order valence-electron chi connectivity index (χ3n) is 3.63. The molecule has 0 aromatic carbocycles. The van der Waals surface area contributed by atoms with Crippen LogP contribution >= 0.6 is 0 Å². The summed E-state index contributed by atoms with van der Waals surface area (Å²) >= 11 is 0. The van der Waals surface area contributed by atoms with Gasteiger partial charge < -0.3 is 4.98 Å². The van der Waals surface area contributed by atoms with Gasteiger partial charge >= 0.3 is 0 Å². The molecule has 3 rings (SSSR count). The monoisotopic (exact) mass is 280 g/mol. The highest BCUT2D eigenvalue weighted by molar-refractivity contribution is 7.91. The molecule has 1 fully saturated rings. The number of aromatic amines is 1. The normalized spacial score (nSPS) is 22.6. The summed E-state index contributed by atoms with van der Waals surface area (Å²) in [4.78, 5) is 14.8. The van der Waals surface area contributed by atoms with Crippen LogP contribution in [0.15, 0.2) is 29.2 Å². The molecule has 0 aliphatic carbocycles. The van der Waals surface area contributed by atoms with Gasteiger partial charge in [0.05, 0.1) is 11.5 Å². The maximum absolute atomic E-state index is 11.6. The molecule has 0 saturated carbocycles. The molecule has 5 nitrogen and oxygen atoms in total. The van der Waals surface area contributed by atoms with Crippen LogP contribution in [-0.4, -0.2) is 29.3 Å². The molecule has 1 N–H and O–H groups in total. The van der Waals surface area contributed by atoms with E-state index in [1.165, 1.54) is 6.07 Å². The number of hydrogen-bond donors (Lipinski definition) is 1. The maximum Gasteiger partial charge on any atom is 0.256 e. The second kappa shape index (κ2) is 4.52. The fraction of sp³-hybridized carbons (Fsp3) is 0.462. The van der Waals surface area contributed by atoms with Gasteiger partial charge in [0, 0.05) is 18.0 Å². The Hall–Kier alpha value is -1.56. The van der Waals surface area contributed by atoms with Gasteiger partial charge in [-0.2, -0.15) is 0 Å². The second-order valence-electron chi connectivity index (χ2n) is 5.23. The molecule has 0 spiro atoms. The summed E-state index contributed by atoms with van der Waals surface area (Å²) in [5.41, 5.74) is 1.60. The smallest absolute Gasteiger partial charge is 0.256 e. The molecular formula is C13H16N2O3S. The van der Waals surface area contributed by atoms with Crippen LogP contribution in [0.5, 0.6) is 0 Å². The highest BCUT2D eigenvalue weighted by Crippen LogP contribution is 2.22. The molecule has 1 unspecified atom stereocenters. The first-order chi connectivity index (χ1) is 9.03. The fourth-order valence-electron chi connectivity index (χ4n) is 2.78. The Morgan fingerprint density at radius 3 is 2.95 bits per heavy atom. The summed E-state index contributed by atoms with van der Waals surface area (Å²) in [6.45, 7) is 0. The van der Waals surface area contributed by atoms with Crippen molar-refractivity contribution in [1.29, 1.82) is 0 Å². The Balaban J connectivity index is 1.86. The quantitative estimate of drug-likeness (QED) is 0.892. The van der Waals surface area contributed by atoms with Crippen molar-refractivity contribution < 1.29 is 8.42 Å². The molecule has 0 radical (unpaired) electrons. The zero-order valence-corrected chi connectivity index (χ0v) is 11.3. The zero-order chi connectivity index (χ0) is 13.5. The lowest BCUT2D eigenvalue weighted by molar-refractivity contribution is 0.480. The van der Waals surface area contributed by atoms with Crippen molar-refractivity contribution >= 4 is 15.5 Å². The van der Waals surface area contributed by atoms with Crippen molar-refractivity contribution in [2.24, 2.45) is 5.92 Å². The number of fused-ring (bicyclic) bond motifs is 1. The Morgan fingerprint density at radius 1 is 1.37 bits per heavy atom. The lowest BCUT2D eigenvalue weighted by Gasteiger charge is -2.20. The second-order valence-corrected chi connectivity index (χ2v) is 7.45. The highest BCUT2D eigenvalue weighted by atomic mass is 32.2. The third kappa shape index (κ3) is 2.58. The van der Waals surface area contributed by atoms with Crippen molar-refractivity contribution in [3.63, 3.8) is 0 Å². The van der Waals surface area contributed by atoms with Crippen molar-refractivity contribution in [3.05, 3.63) is 40.4 Å². The molecule has 6 heteroatoms. The Labute approximate surface area is 111 Å². The molecular weight excluding hydrogens is 264 g/mol. The van der Waals surface area contributed by atoms with Gasteiger partial charge in [-0.1, -0.05) is 6.07 Å². The van der Waals surface area contributed by atoms with Crippen molar-refractivity contribution in [2.75, 3.05) is 11.5 Å². The summed E-state index contributed by atoms with van der Waals surface area (Å²) in [6.07, 6.45) is 4.13. The minimum Gasteiger partial charge on any atom is -0.343 e. The predicted molar refractivity (Wildman–Crippen MR) is 73.1 cm³/mol. The van der Waals surface area contributed by atoms with Crippen molar-refractivity contribution in [3.8, 4) is 0 Å². The van der Waals surface area contributed by atoms with Gasteiger partial charge in [0.1, 0.15) is 5.65 Å². The third-order valence-corrected chi connectivity index (χ3v) is 5.52. The van der Waals surface area contributed by atoms with Crippen molar-refractivity contribution in [1.82, 2.24) is 9.38 Å². The van der Waals surface area contributed by atoms with Crippen LogP contribution in [-0.2, 0) is 16.3 Å². The number of H-pyrrole nitrogens is 1. The Bertz CT molecular complexity index is 758. The molecule has 0 bridgehead atoms. The van der Waals surface area contributed by atoms with Crippen LogP contribution in [0.2, 0.25) is 0 Å². The fourth-order valence-corrected chi connectivity index (χ4v) is 4.56. The molecule has 1 atom stereocenters. The molecule has 0 amide bonds. The molecule has 1 aliphatic rings. The number of rotatable bonds is 2. The molecule has 102 valence electrons. The summed E-state index contributed by atoms with van der Waals surface area (Å²) in [5.74, 6) is 0.731. The first kappa shape index (κ1) is 12.5. The maximum atomic E-state index is 11.6. The first-order valence-electron chi connectivity index (χ1n) is 6.43. The number of nitrogens with zero attached hydrogens (tertiary/aromatic N) is 1. The summed E-state index contributed by atoms with van der Waals surface area (Å²) in [6, 6.07) is 5.06. The van der Waals surface area contributed by atoms with E-state index < -0.39 is 9.84 Å². The number of imidazole rings is 1. The van der Waals surface area contributed by atoms with E-state index in [2.05, 4.69) is 4.98 Å². The summed E-state index contributed by atoms with van der Waals surface area (Å²) in [7, 11) is -2.87. The van der Waals surface area contributed by atoms with Crippen LogP contribution in [0.25, 0.3) is 5.65 Å². The highest BCUT2D eigenvalue weighted by Gasteiger charge is 2.25. The van der Waals surface area contributed by atoms with Gasteiger partial charge in [-0.05, 0) is 31.2 Å². The van der Waals surface area contributed by atoms with Crippen LogP contribution < -0.4 is 5.56 Å². The minimum atomic E-state index is -2.87. The van der Waals surface area contributed by atoms with Crippen LogP contribution in [0.1, 0.15) is 18.5 Å². The van der Waals surface area contributed by atoms with E-state index in [0.717, 1.165) is 24.2 Å². The minimum absolute atomic E-state index is 0.0729. The molecule has 1 saturated heterocycles. The average Bonchev–Trinajstić information content (AvgIpc) is 2.71. The summed E-state index contributed by atoms with van der Waals surface area (Å²) < 4.78 is 24.8. The summed E-state index contributed by atoms with van der Waals surface area (Å²) in [5, 5.41) is 0. The number of hydrogen-bond acceptors (Lipinski definition) is 3. The largest absolute Gasteiger partial charge is 0.343 e. The predicted octanol–water partition coefficient (Wildman–Crippen LogP) is 0.995. The van der Waals surface area contributed by atoms with Gasteiger partial charge in [0.15, 0.2) is 9.84 Å². The van der Waals surface area contributed by atoms with Gasteiger partial charge in [0.25, 0.3) is 5.56 Å². The number of aromatic nitrogens is 2. The lowest BCUT2D eigenvalue weighted by Crippen LogP contribution is -2.26. The Kier molecular flexibility index (Phi) is 2.97. The molecule has 19 heavy (non-hydrogen) atoms. The van der Waals surface area contributed by atoms with E-state index >= 15 is 0 Å². The van der Waals surface area contributed by atoms with E-state index in [4.69, 9.17) is 0 Å². The number of nitrogens with one attached hydrogen (secondary N) is 1. The standard InChI is InChI=1S/C13H16N2O3S/c16-13-5-1-4-12-14-11(8-15(12)13)7-10-3-2-6-19(17,18)9-10/h1,4-5,8,10,14H,2-3,6-7,9H2. The number of sulfone groups is 1. The SMILES string of the molecule is O=c1cccc2[nH]c(CC3CCCS(=O)(=O)C3)cn12. The zero-order valence-electron chi connectivity index (χ0n) is 10.5. The van der Waals surface area contributed by atoms with Gasteiger partial charge in [-0.3, -0.25) is 9.20 Å². The molecule has 2 aromatic heterocycles. The average molecular weight is 280 g/mol. The van der Waals surface area contributed by atoms with E-state index in [1.54, 1.807) is 16.7 Å². The molecule has 3 heterocycles. The van der Waals surface area contributed by atoms with E-state index in [1.807, 2.05) is 6.07 Å². The van der Waals surface area contributed by atoms with Crippen LogP contribution in [0.4, 0.5) is 0 Å². The van der Waals surface area contributed by atoms with Crippen LogP contribution in [0.3, 0.4) is 0 Å². The number of pyridine rings is 1. The van der Waals surface area contributed by atoms with E-state index in [-0.39, 0.29) is 17.2 Å². The Morgan fingerprint density at radius 2 is 2.21 bits per heavy atom. The van der Waals surface area contributed by atoms with Crippen LogP contribution in [0, 0.1) is 5.92 Å². The van der Waals surface area contributed by atoms with Crippen molar-refractivity contribution in [2.45, 2.75) is 19.3 Å². The van der Waals surface area contributed by atoms with Gasteiger partial charge in [-0.15, -0.1) is 0 Å².